The predicted molar refractivity (Wildman–Crippen MR) is 66.4 cm³/mol. The highest BCUT2D eigenvalue weighted by Crippen LogP contribution is 2.31. The molecule has 3 heteroatoms. The fourth-order valence-corrected chi connectivity index (χ4v) is 3.22. The number of aliphatic hydroxyl groups is 1. The lowest BCUT2D eigenvalue weighted by Gasteiger charge is -2.27. The van der Waals surface area contributed by atoms with Gasteiger partial charge in [0.2, 0.25) is 0 Å². The Morgan fingerprint density at radius 3 is 2.88 bits per heavy atom. The zero-order valence-electron chi connectivity index (χ0n) is 10.4. The molecule has 2 rings (SSSR count). The maximum atomic E-state index is 9.03. The Bertz CT molecular complexity index is 204. The van der Waals surface area contributed by atoms with Gasteiger partial charge in [-0.25, -0.2) is 0 Å². The minimum absolute atomic E-state index is 0.298. The minimum Gasteiger partial charge on any atom is -0.396 e. The van der Waals surface area contributed by atoms with Crippen LogP contribution in [0.25, 0.3) is 0 Å². The highest BCUT2D eigenvalue weighted by atomic mass is 16.3. The van der Waals surface area contributed by atoms with Gasteiger partial charge in [0.1, 0.15) is 0 Å². The average Bonchev–Trinajstić information content (AvgIpc) is 2.95. The Balaban J connectivity index is 1.78. The van der Waals surface area contributed by atoms with Crippen LogP contribution in [-0.4, -0.2) is 36.9 Å². The smallest absolute Gasteiger partial charge is 0.0468 e. The van der Waals surface area contributed by atoms with Crippen LogP contribution in [0.15, 0.2) is 0 Å². The number of aliphatic hydroxyl groups excluding tert-OH is 1. The van der Waals surface area contributed by atoms with Crippen molar-refractivity contribution in [2.24, 2.45) is 11.8 Å². The van der Waals surface area contributed by atoms with Crippen LogP contribution in [0.4, 0.5) is 0 Å². The van der Waals surface area contributed by atoms with E-state index in [1.807, 2.05) is 0 Å². The Labute approximate surface area is 99.0 Å². The van der Waals surface area contributed by atoms with Gasteiger partial charge in [-0.2, -0.15) is 0 Å². The van der Waals surface area contributed by atoms with Crippen molar-refractivity contribution in [2.45, 2.75) is 51.1 Å². The van der Waals surface area contributed by atoms with E-state index in [4.69, 9.17) is 5.11 Å². The lowest BCUT2D eigenvalue weighted by Crippen LogP contribution is -2.43. The zero-order chi connectivity index (χ0) is 11.4. The minimum atomic E-state index is 0.298. The molecule has 0 aromatic rings. The quantitative estimate of drug-likeness (QED) is 0.658. The molecule has 3 N–H and O–H groups in total. The summed E-state index contributed by atoms with van der Waals surface area (Å²) in [5.74, 6) is 1.21. The largest absolute Gasteiger partial charge is 0.396 e. The molecule has 4 unspecified atom stereocenters. The van der Waals surface area contributed by atoms with Crippen molar-refractivity contribution in [1.82, 2.24) is 10.6 Å². The van der Waals surface area contributed by atoms with E-state index in [9.17, 15) is 0 Å². The van der Waals surface area contributed by atoms with Gasteiger partial charge in [0, 0.05) is 25.2 Å². The fourth-order valence-electron chi connectivity index (χ4n) is 3.22. The molecule has 3 nitrogen and oxygen atoms in total. The second-order valence-corrected chi connectivity index (χ2v) is 5.60. The van der Waals surface area contributed by atoms with Crippen molar-refractivity contribution in [3.8, 4) is 0 Å². The van der Waals surface area contributed by atoms with E-state index >= 15 is 0 Å². The van der Waals surface area contributed by atoms with E-state index in [1.165, 1.54) is 38.6 Å². The number of hydrogen-bond acceptors (Lipinski definition) is 3. The Morgan fingerprint density at radius 2 is 2.19 bits per heavy atom. The normalized spacial score (nSPS) is 36.8. The van der Waals surface area contributed by atoms with Crippen LogP contribution in [0.3, 0.4) is 0 Å². The Hall–Kier alpha value is -0.120. The number of rotatable bonds is 5. The third-order valence-electron chi connectivity index (χ3n) is 4.22. The maximum absolute atomic E-state index is 9.03. The molecule has 94 valence electrons. The highest BCUT2D eigenvalue weighted by Gasteiger charge is 2.34. The Kier molecular flexibility index (Phi) is 4.62. The molecule has 0 spiro atoms. The molecule has 1 aliphatic heterocycles. The van der Waals surface area contributed by atoms with Crippen LogP contribution in [0.2, 0.25) is 0 Å². The van der Waals surface area contributed by atoms with Crippen LogP contribution >= 0.6 is 0 Å². The fraction of sp³-hybridized carbons (Fsp3) is 1.00. The van der Waals surface area contributed by atoms with Gasteiger partial charge in [-0.15, -0.1) is 0 Å². The van der Waals surface area contributed by atoms with E-state index in [-0.39, 0.29) is 0 Å². The average molecular weight is 226 g/mol. The van der Waals surface area contributed by atoms with Gasteiger partial charge in [0.05, 0.1) is 0 Å². The topological polar surface area (TPSA) is 44.3 Å². The monoisotopic (exact) mass is 226 g/mol. The molecule has 16 heavy (non-hydrogen) atoms. The third kappa shape index (κ3) is 2.96. The second-order valence-electron chi connectivity index (χ2n) is 5.60. The number of hydrogen-bond donors (Lipinski definition) is 3. The van der Waals surface area contributed by atoms with E-state index in [1.54, 1.807) is 0 Å². The SMILES string of the molecule is CC(CO)CNC1CCCC1C1CCCN1. The van der Waals surface area contributed by atoms with Crippen molar-refractivity contribution in [3.63, 3.8) is 0 Å². The first-order chi connectivity index (χ1) is 7.81. The summed E-state index contributed by atoms with van der Waals surface area (Å²) in [4.78, 5) is 0. The first-order valence-corrected chi connectivity index (χ1v) is 6.89. The van der Waals surface area contributed by atoms with Crippen molar-refractivity contribution in [1.29, 1.82) is 0 Å². The van der Waals surface area contributed by atoms with E-state index in [2.05, 4.69) is 17.6 Å². The van der Waals surface area contributed by atoms with Gasteiger partial charge >= 0.3 is 0 Å². The number of nitrogens with one attached hydrogen (secondary N) is 2. The molecule has 2 aliphatic rings. The van der Waals surface area contributed by atoms with Crippen LogP contribution < -0.4 is 10.6 Å². The Morgan fingerprint density at radius 1 is 1.31 bits per heavy atom. The van der Waals surface area contributed by atoms with E-state index in [0.717, 1.165) is 18.5 Å². The summed E-state index contributed by atoms with van der Waals surface area (Å²) in [6, 6.07) is 1.44. The van der Waals surface area contributed by atoms with Gasteiger partial charge in [-0.1, -0.05) is 13.3 Å². The lowest BCUT2D eigenvalue weighted by atomic mass is 9.93. The molecule has 0 aromatic carbocycles. The summed E-state index contributed by atoms with van der Waals surface area (Å²) in [7, 11) is 0. The summed E-state index contributed by atoms with van der Waals surface area (Å²) < 4.78 is 0. The van der Waals surface area contributed by atoms with Gasteiger partial charge in [-0.05, 0) is 44.1 Å². The van der Waals surface area contributed by atoms with Gasteiger partial charge in [0.15, 0.2) is 0 Å². The van der Waals surface area contributed by atoms with Gasteiger partial charge in [-0.3, -0.25) is 0 Å². The summed E-state index contributed by atoms with van der Waals surface area (Å²) >= 11 is 0. The van der Waals surface area contributed by atoms with Gasteiger partial charge < -0.3 is 15.7 Å². The van der Waals surface area contributed by atoms with E-state index < -0.39 is 0 Å². The molecule has 0 radical (unpaired) electrons. The molecule has 1 saturated carbocycles. The first kappa shape index (κ1) is 12.3. The summed E-state index contributed by atoms with van der Waals surface area (Å²) in [6.45, 7) is 4.57. The highest BCUT2D eigenvalue weighted by molar-refractivity contribution is 4.93. The molecule has 1 aliphatic carbocycles. The molecule has 0 amide bonds. The zero-order valence-corrected chi connectivity index (χ0v) is 10.4. The van der Waals surface area contributed by atoms with Crippen molar-refractivity contribution < 1.29 is 5.11 Å². The predicted octanol–water partition coefficient (Wildman–Crippen LogP) is 1.13. The lowest BCUT2D eigenvalue weighted by molar-refractivity contribution is 0.222. The molecule has 4 atom stereocenters. The summed E-state index contributed by atoms with van der Waals surface area (Å²) in [6.07, 6.45) is 6.77. The standard InChI is InChI=1S/C13H26N2O/c1-10(9-16)8-15-13-5-2-4-11(13)12-6-3-7-14-12/h10-16H,2-9H2,1H3. The molecule has 1 heterocycles. The molecule has 0 bridgehead atoms. The van der Waals surface area contributed by atoms with Crippen LogP contribution in [0.5, 0.6) is 0 Å². The first-order valence-electron chi connectivity index (χ1n) is 6.89. The van der Waals surface area contributed by atoms with Crippen molar-refractivity contribution in [3.05, 3.63) is 0 Å². The van der Waals surface area contributed by atoms with Crippen molar-refractivity contribution in [2.75, 3.05) is 19.7 Å². The summed E-state index contributed by atoms with van der Waals surface area (Å²) in [5.41, 5.74) is 0. The van der Waals surface area contributed by atoms with E-state index in [0.29, 0.717) is 18.6 Å². The van der Waals surface area contributed by atoms with Crippen molar-refractivity contribution >= 4 is 0 Å². The van der Waals surface area contributed by atoms with Crippen LogP contribution in [0, 0.1) is 11.8 Å². The van der Waals surface area contributed by atoms with Gasteiger partial charge in [0.25, 0.3) is 0 Å². The summed E-state index contributed by atoms with van der Waals surface area (Å²) in [5, 5.41) is 16.3. The second kappa shape index (κ2) is 5.99. The van der Waals surface area contributed by atoms with Crippen LogP contribution in [0.1, 0.15) is 39.0 Å². The maximum Gasteiger partial charge on any atom is 0.0468 e. The third-order valence-corrected chi connectivity index (χ3v) is 4.22. The molecular weight excluding hydrogens is 200 g/mol. The molecule has 0 aromatic heterocycles. The molecule has 2 fully saturated rings. The molecule has 1 saturated heterocycles. The molecular formula is C13H26N2O. The van der Waals surface area contributed by atoms with Crippen LogP contribution in [-0.2, 0) is 0 Å².